The number of benzene rings is 1. The van der Waals surface area contributed by atoms with Gasteiger partial charge in [-0.2, -0.15) is 0 Å². The van der Waals surface area contributed by atoms with Gasteiger partial charge in [0.05, 0.1) is 23.8 Å². The van der Waals surface area contributed by atoms with Gasteiger partial charge in [0.15, 0.2) is 5.96 Å². The third-order valence-corrected chi connectivity index (χ3v) is 4.74. The normalized spacial score (nSPS) is 11.4. The van der Waals surface area contributed by atoms with E-state index in [4.69, 9.17) is 4.99 Å². The van der Waals surface area contributed by atoms with E-state index in [1.807, 2.05) is 6.92 Å². The van der Waals surface area contributed by atoms with Gasteiger partial charge in [-0.05, 0) is 46.0 Å². The van der Waals surface area contributed by atoms with Crippen LogP contribution in [0.5, 0.6) is 0 Å². The van der Waals surface area contributed by atoms with Crippen molar-refractivity contribution in [2.45, 2.75) is 40.4 Å². The average Bonchev–Trinajstić information content (AvgIpc) is 2.87. The first-order chi connectivity index (χ1) is 12.0. The highest BCUT2D eigenvalue weighted by molar-refractivity contribution is 14.0. The second-order valence-corrected chi connectivity index (χ2v) is 7.64. The van der Waals surface area contributed by atoms with Crippen molar-refractivity contribution in [3.8, 4) is 0 Å². The summed E-state index contributed by atoms with van der Waals surface area (Å²) in [6, 6.07) is 8.62. The van der Waals surface area contributed by atoms with Crippen LogP contribution in [0.25, 0.3) is 0 Å². The number of hydrogen-bond acceptors (Lipinski definition) is 4. The fraction of sp³-hybridized carbons (Fsp3) is 0.474. The molecule has 0 radical (unpaired) electrons. The van der Waals surface area contributed by atoms with Gasteiger partial charge in [0.2, 0.25) is 0 Å². The summed E-state index contributed by atoms with van der Waals surface area (Å²) in [4.78, 5) is 12.6. The number of halogens is 1. The number of thiazole rings is 1. The second kappa shape index (κ2) is 11.5. The van der Waals surface area contributed by atoms with Crippen molar-refractivity contribution in [2.24, 2.45) is 4.99 Å². The fourth-order valence-electron chi connectivity index (χ4n) is 2.61. The minimum Gasteiger partial charge on any atom is -0.357 e. The number of rotatable bonds is 7. The highest BCUT2D eigenvalue weighted by Crippen LogP contribution is 2.16. The van der Waals surface area contributed by atoms with E-state index in [-0.39, 0.29) is 24.0 Å². The lowest BCUT2D eigenvalue weighted by Crippen LogP contribution is -2.36. The first-order valence-corrected chi connectivity index (χ1v) is 9.47. The topological polar surface area (TPSA) is 52.6 Å². The zero-order valence-electron chi connectivity index (χ0n) is 16.3. The Morgan fingerprint density at radius 2 is 1.92 bits per heavy atom. The van der Waals surface area contributed by atoms with Crippen LogP contribution < -0.4 is 10.6 Å². The smallest absolute Gasteiger partial charge is 0.191 e. The predicted molar refractivity (Wildman–Crippen MR) is 122 cm³/mol. The molecule has 1 aromatic heterocycles. The van der Waals surface area contributed by atoms with Gasteiger partial charge in [-0.25, -0.2) is 9.98 Å². The molecule has 0 aliphatic carbocycles. The molecular weight excluding hydrogens is 457 g/mol. The molecule has 0 saturated heterocycles. The van der Waals surface area contributed by atoms with Crippen molar-refractivity contribution in [2.75, 3.05) is 20.6 Å². The number of aryl methyl sites for hydroxylation is 2. The van der Waals surface area contributed by atoms with Crippen molar-refractivity contribution in [3.05, 3.63) is 51.0 Å². The molecule has 7 heteroatoms. The zero-order valence-corrected chi connectivity index (χ0v) is 19.4. The van der Waals surface area contributed by atoms with E-state index in [2.05, 4.69) is 72.7 Å². The number of hydrogen-bond donors (Lipinski definition) is 2. The van der Waals surface area contributed by atoms with Crippen LogP contribution in [0.3, 0.4) is 0 Å². The Hall–Kier alpha value is -1.19. The van der Waals surface area contributed by atoms with Crippen molar-refractivity contribution in [1.82, 2.24) is 20.5 Å². The minimum atomic E-state index is 0. The SMILES string of the molecule is CCNC(=NCc1cccc(CN(C)C)c1)NCc1sc(C)nc1C.I. The van der Waals surface area contributed by atoms with Crippen LogP contribution in [0.4, 0.5) is 0 Å². The summed E-state index contributed by atoms with van der Waals surface area (Å²) in [7, 11) is 4.17. The molecule has 0 atom stereocenters. The maximum atomic E-state index is 4.72. The molecule has 0 amide bonds. The molecule has 26 heavy (non-hydrogen) atoms. The zero-order chi connectivity index (χ0) is 18.2. The molecule has 0 aliphatic heterocycles. The van der Waals surface area contributed by atoms with E-state index in [9.17, 15) is 0 Å². The number of nitrogens with one attached hydrogen (secondary N) is 2. The average molecular weight is 487 g/mol. The fourth-order valence-corrected chi connectivity index (χ4v) is 3.48. The highest BCUT2D eigenvalue weighted by Gasteiger charge is 2.06. The third-order valence-electron chi connectivity index (χ3n) is 3.67. The van der Waals surface area contributed by atoms with Crippen LogP contribution in [0.2, 0.25) is 0 Å². The summed E-state index contributed by atoms with van der Waals surface area (Å²) in [5.41, 5.74) is 3.63. The molecule has 0 unspecified atom stereocenters. The van der Waals surface area contributed by atoms with Gasteiger partial charge in [-0.3, -0.25) is 0 Å². The summed E-state index contributed by atoms with van der Waals surface area (Å²) in [5, 5.41) is 7.83. The van der Waals surface area contributed by atoms with E-state index in [0.717, 1.165) is 36.3 Å². The van der Waals surface area contributed by atoms with E-state index in [1.54, 1.807) is 11.3 Å². The van der Waals surface area contributed by atoms with Gasteiger partial charge in [0.1, 0.15) is 0 Å². The van der Waals surface area contributed by atoms with Gasteiger partial charge in [0.25, 0.3) is 0 Å². The van der Waals surface area contributed by atoms with Crippen molar-refractivity contribution in [3.63, 3.8) is 0 Å². The molecule has 2 N–H and O–H groups in total. The van der Waals surface area contributed by atoms with Crippen molar-refractivity contribution < 1.29 is 0 Å². The summed E-state index contributed by atoms with van der Waals surface area (Å²) < 4.78 is 0. The first kappa shape index (κ1) is 22.9. The lowest BCUT2D eigenvalue weighted by Gasteiger charge is -2.12. The minimum absolute atomic E-state index is 0. The van der Waals surface area contributed by atoms with Crippen LogP contribution in [0.15, 0.2) is 29.3 Å². The summed E-state index contributed by atoms with van der Waals surface area (Å²) in [5.74, 6) is 0.839. The predicted octanol–water partition coefficient (Wildman–Crippen LogP) is 3.69. The Bertz CT molecular complexity index is 712. The van der Waals surface area contributed by atoms with E-state index < -0.39 is 0 Å². The van der Waals surface area contributed by atoms with E-state index >= 15 is 0 Å². The van der Waals surface area contributed by atoms with E-state index in [1.165, 1.54) is 16.0 Å². The molecular formula is C19H30IN5S. The van der Waals surface area contributed by atoms with Crippen LogP contribution in [0.1, 0.15) is 33.6 Å². The molecule has 2 rings (SSSR count). The van der Waals surface area contributed by atoms with Crippen LogP contribution in [0, 0.1) is 13.8 Å². The van der Waals surface area contributed by atoms with Crippen molar-refractivity contribution >= 4 is 41.3 Å². The first-order valence-electron chi connectivity index (χ1n) is 8.65. The van der Waals surface area contributed by atoms with Crippen LogP contribution >= 0.6 is 35.3 Å². The molecule has 0 spiro atoms. The number of aromatic nitrogens is 1. The maximum absolute atomic E-state index is 4.72. The summed E-state index contributed by atoms with van der Waals surface area (Å²) in [6.07, 6.45) is 0. The third kappa shape index (κ3) is 7.59. The quantitative estimate of drug-likeness (QED) is 0.356. The number of guanidine groups is 1. The lowest BCUT2D eigenvalue weighted by molar-refractivity contribution is 0.402. The van der Waals surface area contributed by atoms with E-state index in [0.29, 0.717) is 6.54 Å². The monoisotopic (exact) mass is 487 g/mol. The molecule has 5 nitrogen and oxygen atoms in total. The number of aliphatic imine (C=N–C) groups is 1. The largest absolute Gasteiger partial charge is 0.357 e. The van der Waals surface area contributed by atoms with Crippen LogP contribution in [-0.4, -0.2) is 36.5 Å². The Kier molecular flexibility index (Phi) is 10.1. The Morgan fingerprint density at radius 3 is 2.54 bits per heavy atom. The number of nitrogens with zero attached hydrogens (tertiary/aromatic N) is 3. The molecule has 1 aromatic carbocycles. The molecule has 0 aliphatic rings. The summed E-state index contributed by atoms with van der Waals surface area (Å²) >= 11 is 1.74. The second-order valence-electron chi connectivity index (χ2n) is 6.35. The molecule has 0 fully saturated rings. The molecule has 2 aromatic rings. The molecule has 1 heterocycles. The Balaban J connectivity index is 0.00000338. The highest BCUT2D eigenvalue weighted by atomic mass is 127. The van der Waals surface area contributed by atoms with Gasteiger partial charge < -0.3 is 15.5 Å². The van der Waals surface area contributed by atoms with Gasteiger partial charge >= 0.3 is 0 Å². The molecule has 144 valence electrons. The molecule has 0 bridgehead atoms. The van der Waals surface area contributed by atoms with Gasteiger partial charge in [-0.1, -0.05) is 24.3 Å². The Labute approximate surface area is 178 Å². The van der Waals surface area contributed by atoms with Gasteiger partial charge in [-0.15, -0.1) is 35.3 Å². The molecule has 0 saturated carbocycles. The van der Waals surface area contributed by atoms with Crippen LogP contribution in [-0.2, 0) is 19.6 Å². The standard InChI is InChI=1S/C19H29N5S.HI/c1-6-20-19(22-12-18-14(2)23-15(3)25-18)21-11-16-8-7-9-17(10-16)13-24(4)5;/h7-10H,6,11-13H2,1-5H3,(H2,20,21,22);1H. The van der Waals surface area contributed by atoms with Gasteiger partial charge in [0, 0.05) is 18.0 Å². The van der Waals surface area contributed by atoms with Crippen molar-refractivity contribution in [1.29, 1.82) is 0 Å². The Morgan fingerprint density at radius 1 is 1.19 bits per heavy atom. The maximum Gasteiger partial charge on any atom is 0.191 e. The summed E-state index contributed by atoms with van der Waals surface area (Å²) in [6.45, 7) is 9.38. The lowest BCUT2D eigenvalue weighted by atomic mass is 10.1.